The molecule has 2 heterocycles. The predicted octanol–water partition coefficient (Wildman–Crippen LogP) is 3.15. The number of nitrogens with zero attached hydrogens (tertiary/aromatic N) is 1. The molecule has 0 radical (unpaired) electrons. The van der Waals surface area contributed by atoms with E-state index in [9.17, 15) is 9.59 Å². The van der Waals surface area contributed by atoms with Crippen molar-refractivity contribution in [3.05, 3.63) is 41.8 Å². The van der Waals surface area contributed by atoms with Crippen molar-refractivity contribution in [3.8, 4) is 5.75 Å². The number of carbonyl (C=O) groups is 2. The Morgan fingerprint density at radius 1 is 1.24 bits per heavy atom. The van der Waals surface area contributed by atoms with Gasteiger partial charge in [-0.1, -0.05) is 25.9 Å². The molecular formula is C21H27N3O5. The fourth-order valence-electron chi connectivity index (χ4n) is 2.70. The summed E-state index contributed by atoms with van der Waals surface area (Å²) in [6.45, 7) is 6.92. The first kappa shape index (κ1) is 20.9. The Labute approximate surface area is 169 Å². The highest BCUT2D eigenvalue weighted by atomic mass is 16.5. The average Bonchev–Trinajstić information content (AvgIpc) is 3.37. The van der Waals surface area contributed by atoms with Gasteiger partial charge in [0.25, 0.3) is 5.91 Å². The van der Waals surface area contributed by atoms with Gasteiger partial charge in [0.1, 0.15) is 12.4 Å². The molecule has 8 nitrogen and oxygen atoms in total. The molecule has 0 spiro atoms. The molecule has 8 heteroatoms. The molecule has 0 saturated carbocycles. The van der Waals surface area contributed by atoms with Crippen LogP contribution in [-0.4, -0.2) is 36.2 Å². The van der Waals surface area contributed by atoms with Gasteiger partial charge in [0.2, 0.25) is 5.91 Å². The van der Waals surface area contributed by atoms with Crippen molar-refractivity contribution in [1.82, 2.24) is 10.5 Å². The van der Waals surface area contributed by atoms with Gasteiger partial charge < -0.3 is 24.6 Å². The lowest BCUT2D eigenvalue weighted by molar-refractivity contribution is -0.123. The molecule has 1 atom stereocenters. The van der Waals surface area contributed by atoms with Crippen LogP contribution in [0.4, 0.5) is 5.69 Å². The van der Waals surface area contributed by atoms with E-state index in [-0.39, 0.29) is 30.2 Å². The van der Waals surface area contributed by atoms with Crippen LogP contribution in [0.2, 0.25) is 0 Å². The fraction of sp³-hybridized carbons (Fsp3) is 0.476. The van der Waals surface area contributed by atoms with Crippen LogP contribution in [-0.2, 0) is 16.1 Å². The van der Waals surface area contributed by atoms with Crippen LogP contribution >= 0.6 is 0 Å². The molecule has 1 unspecified atom stereocenters. The van der Waals surface area contributed by atoms with Crippen LogP contribution in [0.5, 0.6) is 5.75 Å². The smallest absolute Gasteiger partial charge is 0.273 e. The Hall–Kier alpha value is -2.87. The molecule has 29 heavy (non-hydrogen) atoms. The third-order valence-electron chi connectivity index (χ3n) is 4.48. The van der Waals surface area contributed by atoms with E-state index in [1.54, 1.807) is 30.3 Å². The van der Waals surface area contributed by atoms with Crippen molar-refractivity contribution in [2.75, 3.05) is 18.5 Å². The zero-order chi connectivity index (χ0) is 20.9. The number of hydrogen-bond donors (Lipinski definition) is 2. The molecule has 1 fully saturated rings. The van der Waals surface area contributed by atoms with Gasteiger partial charge in [0.05, 0.1) is 6.10 Å². The normalized spacial score (nSPS) is 16.4. The lowest BCUT2D eigenvalue weighted by Gasteiger charge is -2.17. The molecule has 156 valence electrons. The van der Waals surface area contributed by atoms with Crippen molar-refractivity contribution in [3.63, 3.8) is 0 Å². The first-order valence-electron chi connectivity index (χ1n) is 9.71. The van der Waals surface area contributed by atoms with E-state index in [1.165, 1.54) is 0 Å². The van der Waals surface area contributed by atoms with Crippen molar-refractivity contribution < 1.29 is 23.6 Å². The van der Waals surface area contributed by atoms with E-state index in [4.69, 9.17) is 14.0 Å². The highest BCUT2D eigenvalue weighted by molar-refractivity contribution is 5.94. The minimum Gasteiger partial charge on any atom is -0.486 e. The molecule has 0 bridgehead atoms. The van der Waals surface area contributed by atoms with E-state index >= 15 is 0 Å². The van der Waals surface area contributed by atoms with Gasteiger partial charge in [-0.05, 0) is 37.1 Å². The number of rotatable bonds is 7. The SMILES string of the molecule is CC(C)(C)C(=O)Nc1ccc(OCc2cc(C(=O)NCC3CCCO3)no2)cc1. The lowest BCUT2D eigenvalue weighted by atomic mass is 9.95. The molecule has 2 aromatic rings. The third-order valence-corrected chi connectivity index (χ3v) is 4.48. The number of carbonyl (C=O) groups excluding carboxylic acids is 2. The number of benzene rings is 1. The fourth-order valence-corrected chi connectivity index (χ4v) is 2.70. The molecule has 2 N–H and O–H groups in total. The Morgan fingerprint density at radius 3 is 2.66 bits per heavy atom. The van der Waals surface area contributed by atoms with E-state index in [2.05, 4.69) is 15.8 Å². The Kier molecular flexibility index (Phi) is 6.53. The molecule has 1 aromatic carbocycles. The molecule has 1 aliphatic rings. The number of nitrogens with one attached hydrogen (secondary N) is 2. The molecule has 0 aliphatic carbocycles. The van der Waals surface area contributed by atoms with Gasteiger partial charge in [-0.3, -0.25) is 9.59 Å². The van der Waals surface area contributed by atoms with Gasteiger partial charge >= 0.3 is 0 Å². The predicted molar refractivity (Wildman–Crippen MR) is 107 cm³/mol. The van der Waals surface area contributed by atoms with E-state index in [1.807, 2.05) is 20.8 Å². The lowest BCUT2D eigenvalue weighted by Crippen LogP contribution is -2.31. The number of amides is 2. The maximum Gasteiger partial charge on any atom is 0.273 e. The zero-order valence-electron chi connectivity index (χ0n) is 17.0. The largest absolute Gasteiger partial charge is 0.486 e. The van der Waals surface area contributed by atoms with Crippen LogP contribution in [0.1, 0.15) is 49.9 Å². The Bertz CT molecular complexity index is 833. The summed E-state index contributed by atoms with van der Waals surface area (Å²) < 4.78 is 16.3. The van der Waals surface area contributed by atoms with Crippen LogP contribution in [0.25, 0.3) is 0 Å². The second-order valence-corrected chi connectivity index (χ2v) is 8.04. The number of aromatic nitrogens is 1. The van der Waals surface area contributed by atoms with Gasteiger partial charge in [-0.15, -0.1) is 0 Å². The minimum absolute atomic E-state index is 0.0573. The van der Waals surface area contributed by atoms with Crippen molar-refractivity contribution >= 4 is 17.5 Å². The summed E-state index contributed by atoms with van der Waals surface area (Å²) in [4.78, 5) is 24.1. The first-order valence-corrected chi connectivity index (χ1v) is 9.71. The Morgan fingerprint density at radius 2 is 2.00 bits per heavy atom. The number of ether oxygens (including phenoxy) is 2. The van der Waals surface area contributed by atoms with Gasteiger partial charge in [0, 0.05) is 30.3 Å². The summed E-state index contributed by atoms with van der Waals surface area (Å²) in [6, 6.07) is 8.60. The van der Waals surface area contributed by atoms with E-state index in [0.717, 1.165) is 19.4 Å². The monoisotopic (exact) mass is 401 g/mol. The van der Waals surface area contributed by atoms with Crippen LogP contribution in [0.15, 0.2) is 34.9 Å². The highest BCUT2D eigenvalue weighted by Gasteiger charge is 2.21. The van der Waals surface area contributed by atoms with Crippen molar-refractivity contribution in [2.24, 2.45) is 5.41 Å². The van der Waals surface area contributed by atoms with Gasteiger partial charge in [0.15, 0.2) is 11.5 Å². The maximum atomic E-state index is 12.1. The third kappa shape index (κ3) is 6.05. The second-order valence-electron chi connectivity index (χ2n) is 8.04. The molecule has 1 aliphatic heterocycles. The van der Waals surface area contributed by atoms with E-state index < -0.39 is 5.41 Å². The van der Waals surface area contributed by atoms with Gasteiger partial charge in [-0.25, -0.2) is 0 Å². The molecule has 1 saturated heterocycles. The van der Waals surface area contributed by atoms with Crippen molar-refractivity contribution in [1.29, 1.82) is 0 Å². The zero-order valence-corrected chi connectivity index (χ0v) is 17.0. The second kappa shape index (κ2) is 9.09. The minimum atomic E-state index is -0.463. The molecule has 2 amide bonds. The summed E-state index contributed by atoms with van der Waals surface area (Å²) in [5, 5.41) is 9.44. The summed E-state index contributed by atoms with van der Waals surface area (Å²) >= 11 is 0. The maximum absolute atomic E-state index is 12.1. The Balaban J connectivity index is 1.46. The summed E-state index contributed by atoms with van der Waals surface area (Å²) in [5.74, 6) is 0.699. The van der Waals surface area contributed by atoms with Crippen molar-refractivity contribution in [2.45, 2.75) is 46.3 Å². The summed E-state index contributed by atoms with van der Waals surface area (Å²) in [6.07, 6.45) is 2.05. The van der Waals surface area contributed by atoms with Crippen LogP contribution in [0.3, 0.4) is 0 Å². The average molecular weight is 401 g/mol. The summed E-state index contributed by atoms with van der Waals surface area (Å²) in [7, 11) is 0. The molecule has 3 rings (SSSR count). The number of anilines is 1. The topological polar surface area (TPSA) is 103 Å². The molecule has 1 aromatic heterocycles. The first-order chi connectivity index (χ1) is 13.8. The van der Waals surface area contributed by atoms with Crippen LogP contribution < -0.4 is 15.4 Å². The van der Waals surface area contributed by atoms with E-state index in [0.29, 0.717) is 23.7 Å². The number of hydrogen-bond acceptors (Lipinski definition) is 6. The highest BCUT2D eigenvalue weighted by Crippen LogP contribution is 2.20. The standard InChI is InChI=1S/C21H27N3O5/c1-21(2,3)20(26)23-14-6-8-15(9-7-14)28-13-17-11-18(24-29-17)19(25)22-12-16-5-4-10-27-16/h6-9,11,16H,4-5,10,12-13H2,1-3H3,(H,22,25)(H,23,26). The van der Waals surface area contributed by atoms with Crippen LogP contribution in [0, 0.1) is 5.41 Å². The quantitative estimate of drug-likeness (QED) is 0.739. The summed E-state index contributed by atoms with van der Waals surface area (Å²) in [5.41, 5.74) is 0.444. The van der Waals surface area contributed by atoms with Gasteiger partial charge in [-0.2, -0.15) is 0 Å². The molecular weight excluding hydrogens is 374 g/mol.